The first-order valence-corrected chi connectivity index (χ1v) is 4.81. The fourth-order valence-corrected chi connectivity index (χ4v) is 1.45. The second kappa shape index (κ2) is 3.47. The van der Waals surface area contributed by atoms with Crippen LogP contribution in [-0.2, 0) is 6.18 Å². The minimum atomic E-state index is -4.42. The van der Waals surface area contributed by atoms with Crippen LogP contribution in [0.2, 0.25) is 0 Å². The summed E-state index contributed by atoms with van der Waals surface area (Å²) < 4.78 is 37.8. The number of nitrogens with one attached hydrogen (secondary N) is 1. The molecule has 0 fully saturated rings. The van der Waals surface area contributed by atoms with Gasteiger partial charge in [-0.05, 0) is 17.5 Å². The summed E-state index contributed by atoms with van der Waals surface area (Å²) in [4.78, 5) is 3.89. The molecule has 3 nitrogen and oxygen atoms in total. The fourth-order valence-electron chi connectivity index (χ4n) is 1.45. The highest BCUT2D eigenvalue weighted by molar-refractivity contribution is 5.78. The lowest BCUT2D eigenvalue weighted by Crippen LogP contribution is -2.06. The van der Waals surface area contributed by atoms with Crippen LogP contribution < -0.4 is 0 Å². The summed E-state index contributed by atoms with van der Waals surface area (Å²) >= 11 is 0. The number of nitrogens with zero attached hydrogens (tertiary/aromatic N) is 2. The maximum atomic E-state index is 12.6. The van der Waals surface area contributed by atoms with E-state index in [0.717, 1.165) is 5.56 Å². The van der Waals surface area contributed by atoms with Gasteiger partial charge in [0.05, 0.1) is 5.39 Å². The van der Waals surface area contributed by atoms with Crippen molar-refractivity contribution >= 4 is 11.0 Å². The molecule has 0 aliphatic heterocycles. The number of fused-ring (bicyclic) bond motifs is 1. The van der Waals surface area contributed by atoms with Crippen molar-refractivity contribution in [3.05, 3.63) is 23.5 Å². The zero-order chi connectivity index (χ0) is 11.9. The molecular formula is C10H10F3N3. The number of alkyl halides is 3. The van der Waals surface area contributed by atoms with E-state index in [1.54, 1.807) is 6.20 Å². The van der Waals surface area contributed by atoms with E-state index in [0.29, 0.717) is 0 Å². The molecule has 0 saturated carbocycles. The normalized spacial score (nSPS) is 12.6. The molecule has 0 aromatic carbocycles. The van der Waals surface area contributed by atoms with Crippen LogP contribution >= 0.6 is 0 Å². The number of pyridine rings is 1. The highest BCUT2D eigenvalue weighted by Crippen LogP contribution is 2.33. The van der Waals surface area contributed by atoms with Gasteiger partial charge in [-0.25, -0.2) is 4.98 Å². The van der Waals surface area contributed by atoms with Gasteiger partial charge in [0, 0.05) is 6.20 Å². The second-order valence-corrected chi connectivity index (χ2v) is 3.89. The molecule has 2 aromatic heterocycles. The predicted octanol–water partition coefficient (Wildman–Crippen LogP) is 3.10. The molecule has 0 aliphatic carbocycles. The van der Waals surface area contributed by atoms with Gasteiger partial charge in [0.1, 0.15) is 5.69 Å². The minimum absolute atomic E-state index is 0.0266. The van der Waals surface area contributed by atoms with Crippen LogP contribution in [0.4, 0.5) is 13.2 Å². The summed E-state index contributed by atoms with van der Waals surface area (Å²) in [5.41, 5.74) is 0.0219. The monoisotopic (exact) mass is 229 g/mol. The summed E-state index contributed by atoms with van der Waals surface area (Å²) in [7, 11) is 0. The van der Waals surface area contributed by atoms with Crippen LogP contribution in [0, 0.1) is 0 Å². The molecule has 1 N–H and O–H groups in total. The standard InChI is InChI=1S/C10H10F3N3/c1-5(2)6-3-7-8(10(11,12)13)15-16-9(7)14-4-6/h3-5H,1-2H3,(H,14,15,16). The molecule has 0 aliphatic rings. The SMILES string of the molecule is CC(C)c1cnc2n[nH]c(C(F)(F)F)c2c1. The molecule has 0 spiro atoms. The molecule has 2 aromatic rings. The Labute approximate surface area is 89.7 Å². The predicted molar refractivity (Wildman–Crippen MR) is 53.0 cm³/mol. The molecule has 2 rings (SSSR count). The molecule has 0 amide bonds. The maximum absolute atomic E-state index is 12.6. The Morgan fingerprint density at radius 1 is 1.31 bits per heavy atom. The molecule has 0 unspecified atom stereocenters. The third-order valence-electron chi connectivity index (χ3n) is 2.38. The zero-order valence-electron chi connectivity index (χ0n) is 8.76. The van der Waals surface area contributed by atoms with Crippen LogP contribution in [0.3, 0.4) is 0 Å². The lowest BCUT2D eigenvalue weighted by atomic mass is 10.0. The summed E-state index contributed by atoms with van der Waals surface area (Å²) in [5.74, 6) is 0.132. The van der Waals surface area contributed by atoms with Crippen molar-refractivity contribution in [2.75, 3.05) is 0 Å². The van der Waals surface area contributed by atoms with Gasteiger partial charge in [0.2, 0.25) is 0 Å². The number of halogens is 3. The second-order valence-electron chi connectivity index (χ2n) is 3.89. The Bertz CT molecular complexity index is 513. The molecule has 6 heteroatoms. The molecule has 0 saturated heterocycles. The smallest absolute Gasteiger partial charge is 0.271 e. The summed E-state index contributed by atoms with van der Waals surface area (Å²) in [6.07, 6.45) is -2.87. The van der Waals surface area contributed by atoms with E-state index in [4.69, 9.17) is 0 Å². The fraction of sp³-hybridized carbons (Fsp3) is 0.400. The number of hydrogen-bond acceptors (Lipinski definition) is 2. The molecular weight excluding hydrogens is 219 g/mol. The molecule has 0 atom stereocenters. The van der Waals surface area contributed by atoms with Crippen LogP contribution in [0.15, 0.2) is 12.3 Å². The minimum Gasteiger partial charge on any atom is -0.271 e. The van der Waals surface area contributed by atoms with Gasteiger partial charge >= 0.3 is 6.18 Å². The van der Waals surface area contributed by atoms with E-state index in [2.05, 4.69) is 10.1 Å². The van der Waals surface area contributed by atoms with Crippen molar-refractivity contribution in [3.8, 4) is 0 Å². The lowest BCUT2D eigenvalue weighted by molar-refractivity contribution is -0.139. The molecule has 2 heterocycles. The number of H-pyrrole nitrogens is 1. The van der Waals surface area contributed by atoms with Crippen molar-refractivity contribution in [1.82, 2.24) is 15.2 Å². The largest absolute Gasteiger partial charge is 0.433 e. The first-order chi connectivity index (χ1) is 7.39. The van der Waals surface area contributed by atoms with Gasteiger partial charge in [0.15, 0.2) is 5.65 Å². The first-order valence-electron chi connectivity index (χ1n) is 4.81. The Balaban J connectivity index is 2.65. The van der Waals surface area contributed by atoms with Crippen molar-refractivity contribution < 1.29 is 13.2 Å². The van der Waals surface area contributed by atoms with Crippen molar-refractivity contribution in [1.29, 1.82) is 0 Å². The van der Waals surface area contributed by atoms with Gasteiger partial charge in [-0.3, -0.25) is 5.10 Å². The number of hydrogen-bond donors (Lipinski definition) is 1. The van der Waals surface area contributed by atoms with Crippen molar-refractivity contribution in [2.24, 2.45) is 0 Å². The van der Waals surface area contributed by atoms with Gasteiger partial charge in [-0.15, -0.1) is 0 Å². The Morgan fingerprint density at radius 3 is 2.56 bits per heavy atom. The summed E-state index contributed by atoms with van der Waals surface area (Å²) in [6.45, 7) is 3.80. The highest BCUT2D eigenvalue weighted by atomic mass is 19.4. The van der Waals surface area contributed by atoms with E-state index >= 15 is 0 Å². The van der Waals surface area contributed by atoms with E-state index in [1.807, 2.05) is 18.9 Å². The Kier molecular flexibility index (Phi) is 2.36. The quantitative estimate of drug-likeness (QED) is 0.816. The first kappa shape index (κ1) is 10.9. The Morgan fingerprint density at radius 2 is 2.00 bits per heavy atom. The number of aromatic nitrogens is 3. The van der Waals surface area contributed by atoms with Crippen LogP contribution in [0.5, 0.6) is 0 Å². The highest BCUT2D eigenvalue weighted by Gasteiger charge is 2.35. The van der Waals surface area contributed by atoms with Gasteiger partial charge in [-0.1, -0.05) is 13.8 Å². The third-order valence-corrected chi connectivity index (χ3v) is 2.38. The molecule has 0 bridgehead atoms. The van der Waals surface area contributed by atoms with Gasteiger partial charge in [0.25, 0.3) is 0 Å². The lowest BCUT2D eigenvalue weighted by Gasteiger charge is -2.06. The number of aromatic amines is 1. The summed E-state index contributed by atoms with van der Waals surface area (Å²) in [5, 5.41) is 5.54. The van der Waals surface area contributed by atoms with E-state index in [9.17, 15) is 13.2 Å². The van der Waals surface area contributed by atoms with Gasteiger partial charge < -0.3 is 0 Å². The molecule has 16 heavy (non-hydrogen) atoms. The van der Waals surface area contributed by atoms with E-state index in [1.165, 1.54) is 6.07 Å². The van der Waals surface area contributed by atoms with Crippen LogP contribution in [0.25, 0.3) is 11.0 Å². The van der Waals surface area contributed by atoms with Crippen LogP contribution in [-0.4, -0.2) is 15.2 Å². The van der Waals surface area contributed by atoms with Crippen molar-refractivity contribution in [2.45, 2.75) is 25.9 Å². The van der Waals surface area contributed by atoms with Gasteiger partial charge in [-0.2, -0.15) is 18.3 Å². The molecule has 86 valence electrons. The summed E-state index contributed by atoms with van der Waals surface area (Å²) in [6, 6.07) is 1.49. The zero-order valence-corrected chi connectivity index (χ0v) is 8.76. The molecule has 0 radical (unpaired) electrons. The van der Waals surface area contributed by atoms with E-state index < -0.39 is 11.9 Å². The average Bonchev–Trinajstić information content (AvgIpc) is 2.58. The maximum Gasteiger partial charge on any atom is 0.433 e. The van der Waals surface area contributed by atoms with E-state index in [-0.39, 0.29) is 17.0 Å². The average molecular weight is 229 g/mol. The third kappa shape index (κ3) is 1.75. The van der Waals surface area contributed by atoms with Crippen molar-refractivity contribution in [3.63, 3.8) is 0 Å². The number of rotatable bonds is 1. The van der Waals surface area contributed by atoms with Crippen LogP contribution in [0.1, 0.15) is 31.0 Å². The topological polar surface area (TPSA) is 41.6 Å². The Hall–Kier alpha value is -1.59.